The first-order chi connectivity index (χ1) is 18.1. The van der Waals surface area contributed by atoms with Crippen LogP contribution in [-0.2, 0) is 15.3 Å². The number of aliphatic hydroxyl groups excluding tert-OH is 1. The van der Waals surface area contributed by atoms with Crippen molar-refractivity contribution in [3.05, 3.63) is 107 Å². The van der Waals surface area contributed by atoms with Crippen LogP contribution < -0.4 is 9.64 Å². The van der Waals surface area contributed by atoms with Gasteiger partial charge in [0, 0.05) is 11.3 Å². The van der Waals surface area contributed by atoms with E-state index in [0.29, 0.717) is 33.6 Å². The van der Waals surface area contributed by atoms with Gasteiger partial charge in [-0.05, 0) is 30.2 Å². The van der Waals surface area contributed by atoms with Gasteiger partial charge >= 0.3 is 5.91 Å². The van der Waals surface area contributed by atoms with E-state index in [0.717, 1.165) is 5.56 Å². The molecule has 9 heteroatoms. The van der Waals surface area contributed by atoms with Crippen molar-refractivity contribution in [1.29, 1.82) is 0 Å². The van der Waals surface area contributed by atoms with Gasteiger partial charge in [0.2, 0.25) is 5.13 Å². The van der Waals surface area contributed by atoms with Gasteiger partial charge in [-0.2, -0.15) is 0 Å². The summed E-state index contributed by atoms with van der Waals surface area (Å²) in [4.78, 5) is 28.0. The number of aromatic nitrogens is 2. The maximum Gasteiger partial charge on any atom is 0.301 e. The molecule has 2 heterocycles. The molecule has 4 aromatic rings. The third-order valence-electron chi connectivity index (χ3n) is 5.78. The molecule has 0 spiro atoms. The zero-order valence-electron chi connectivity index (χ0n) is 19.9. The quantitative estimate of drug-likeness (QED) is 0.101. The molecule has 1 N–H and O–H groups in total. The lowest BCUT2D eigenvalue weighted by molar-refractivity contribution is -0.132. The van der Waals surface area contributed by atoms with Crippen LogP contribution in [0.5, 0.6) is 5.75 Å². The van der Waals surface area contributed by atoms with Crippen LogP contribution in [-0.4, -0.2) is 33.6 Å². The monoisotopic (exact) mass is 529 g/mol. The summed E-state index contributed by atoms with van der Waals surface area (Å²) in [6.07, 6.45) is 0. The van der Waals surface area contributed by atoms with E-state index in [9.17, 15) is 14.7 Å². The zero-order chi connectivity index (χ0) is 25.8. The number of Topliss-reactive ketones (excluding diaryl/α,β-unsaturated/α-hetero) is 1. The van der Waals surface area contributed by atoms with Crippen LogP contribution in [0.2, 0.25) is 0 Å². The number of anilines is 1. The largest absolute Gasteiger partial charge is 0.507 e. The standard InChI is InChI=1S/C28H23N3O4S2/c1-2-35-21-15-9-14-20(16-21)23-22(24(32)19-12-7-4-8-13-19)25(33)26(34)31(23)27-29-30-28(37-27)36-17-18-10-5-3-6-11-18/h3-16,23,32H,2,17H2,1H3. The predicted molar refractivity (Wildman–Crippen MR) is 145 cm³/mol. The third-order valence-corrected chi connectivity index (χ3v) is 7.91. The Kier molecular flexibility index (Phi) is 7.34. The van der Waals surface area contributed by atoms with E-state index >= 15 is 0 Å². The third kappa shape index (κ3) is 5.14. The topological polar surface area (TPSA) is 92.6 Å². The van der Waals surface area contributed by atoms with Crippen molar-refractivity contribution < 1.29 is 19.4 Å². The minimum absolute atomic E-state index is 0.00135. The number of nitrogens with zero attached hydrogens (tertiary/aromatic N) is 3. The van der Waals surface area contributed by atoms with Crippen molar-refractivity contribution in [1.82, 2.24) is 10.2 Å². The number of carbonyl (C=O) groups excluding carboxylic acids is 2. The summed E-state index contributed by atoms with van der Waals surface area (Å²) in [5, 5.41) is 20.0. The molecule has 1 unspecified atom stereocenters. The Bertz CT molecular complexity index is 1450. The highest BCUT2D eigenvalue weighted by Gasteiger charge is 2.48. The summed E-state index contributed by atoms with van der Waals surface area (Å²) >= 11 is 2.74. The molecule has 1 aliphatic heterocycles. The molecule has 186 valence electrons. The van der Waals surface area contributed by atoms with E-state index in [2.05, 4.69) is 10.2 Å². The number of amides is 1. The Morgan fingerprint density at radius 1 is 1.00 bits per heavy atom. The van der Waals surface area contributed by atoms with E-state index in [4.69, 9.17) is 4.74 Å². The fraction of sp³-hybridized carbons (Fsp3) is 0.143. The van der Waals surface area contributed by atoms with E-state index in [-0.39, 0.29) is 16.5 Å². The van der Waals surface area contributed by atoms with Crippen LogP contribution in [0.1, 0.15) is 29.7 Å². The molecule has 3 aromatic carbocycles. The van der Waals surface area contributed by atoms with Crippen LogP contribution >= 0.6 is 23.1 Å². The molecular formula is C28H23N3O4S2. The molecule has 0 bridgehead atoms. The molecule has 0 saturated carbocycles. The molecule has 7 nitrogen and oxygen atoms in total. The molecule has 1 saturated heterocycles. The van der Waals surface area contributed by atoms with E-state index in [1.54, 1.807) is 48.5 Å². The second-order valence-corrected chi connectivity index (χ2v) is 10.3. The first-order valence-corrected chi connectivity index (χ1v) is 13.5. The van der Waals surface area contributed by atoms with Crippen LogP contribution in [0, 0.1) is 0 Å². The van der Waals surface area contributed by atoms with Gasteiger partial charge in [0.05, 0.1) is 18.2 Å². The average Bonchev–Trinajstić information content (AvgIpc) is 3.50. The van der Waals surface area contributed by atoms with Gasteiger partial charge in [-0.1, -0.05) is 95.9 Å². The van der Waals surface area contributed by atoms with Crippen LogP contribution in [0.15, 0.2) is 94.8 Å². The summed E-state index contributed by atoms with van der Waals surface area (Å²) in [6.45, 7) is 2.34. The van der Waals surface area contributed by atoms with Gasteiger partial charge in [0.25, 0.3) is 5.78 Å². The molecule has 37 heavy (non-hydrogen) atoms. The van der Waals surface area contributed by atoms with Gasteiger partial charge in [-0.25, -0.2) is 0 Å². The average molecular weight is 530 g/mol. The van der Waals surface area contributed by atoms with Crippen molar-refractivity contribution in [3.63, 3.8) is 0 Å². The van der Waals surface area contributed by atoms with Gasteiger partial charge in [-0.15, -0.1) is 10.2 Å². The fourth-order valence-corrected chi connectivity index (χ4v) is 5.94. The van der Waals surface area contributed by atoms with Crippen LogP contribution in [0.4, 0.5) is 5.13 Å². The van der Waals surface area contributed by atoms with Crippen molar-refractivity contribution >= 4 is 45.7 Å². The highest BCUT2D eigenvalue weighted by Crippen LogP contribution is 2.44. The van der Waals surface area contributed by atoms with Crippen molar-refractivity contribution in [3.8, 4) is 5.75 Å². The summed E-state index contributed by atoms with van der Waals surface area (Å²) in [5.74, 6) is -0.484. The lowest BCUT2D eigenvalue weighted by Gasteiger charge is -2.23. The maximum absolute atomic E-state index is 13.4. The molecule has 1 atom stereocenters. The summed E-state index contributed by atoms with van der Waals surface area (Å²) in [7, 11) is 0. The highest BCUT2D eigenvalue weighted by molar-refractivity contribution is 8.00. The number of ether oxygens (including phenoxy) is 1. The number of ketones is 1. The SMILES string of the molecule is CCOc1cccc(C2C(=C(O)c3ccccc3)C(=O)C(=O)N2c2nnc(SCc3ccccc3)s2)c1. The molecular weight excluding hydrogens is 506 g/mol. The lowest BCUT2D eigenvalue weighted by Crippen LogP contribution is -2.29. The van der Waals surface area contributed by atoms with E-state index in [1.807, 2.05) is 43.3 Å². The first kappa shape index (κ1) is 24.7. The second kappa shape index (κ2) is 11.0. The number of thioether (sulfide) groups is 1. The minimum Gasteiger partial charge on any atom is -0.507 e. The number of hydrogen-bond donors (Lipinski definition) is 1. The Balaban J connectivity index is 1.56. The molecule has 0 radical (unpaired) electrons. The Morgan fingerprint density at radius 2 is 1.73 bits per heavy atom. The number of carbonyl (C=O) groups is 2. The summed E-state index contributed by atoms with van der Waals surface area (Å²) < 4.78 is 6.34. The number of aliphatic hydroxyl groups is 1. The van der Waals surface area contributed by atoms with Gasteiger partial charge in [0.1, 0.15) is 11.5 Å². The molecule has 5 rings (SSSR count). The van der Waals surface area contributed by atoms with Crippen molar-refractivity contribution in [2.45, 2.75) is 23.1 Å². The van der Waals surface area contributed by atoms with Crippen LogP contribution in [0.3, 0.4) is 0 Å². The zero-order valence-corrected chi connectivity index (χ0v) is 21.5. The van der Waals surface area contributed by atoms with Crippen LogP contribution in [0.25, 0.3) is 5.76 Å². The van der Waals surface area contributed by atoms with E-state index < -0.39 is 17.7 Å². The highest BCUT2D eigenvalue weighted by atomic mass is 32.2. The Labute approximate surface area is 222 Å². The Hall–Kier alpha value is -3.95. The van der Waals surface area contributed by atoms with Gasteiger partial charge in [0.15, 0.2) is 4.34 Å². The normalized spacial score (nSPS) is 16.8. The minimum atomic E-state index is -0.888. The predicted octanol–water partition coefficient (Wildman–Crippen LogP) is 5.86. The smallest absolute Gasteiger partial charge is 0.301 e. The van der Waals surface area contributed by atoms with Crippen molar-refractivity contribution in [2.24, 2.45) is 0 Å². The molecule has 1 fully saturated rings. The first-order valence-electron chi connectivity index (χ1n) is 11.7. The van der Waals surface area contributed by atoms with Gasteiger partial charge < -0.3 is 9.84 Å². The molecule has 1 aliphatic rings. The van der Waals surface area contributed by atoms with E-state index in [1.165, 1.54) is 28.0 Å². The Morgan fingerprint density at radius 3 is 2.46 bits per heavy atom. The fourth-order valence-electron chi connectivity index (χ4n) is 4.12. The number of hydrogen-bond acceptors (Lipinski definition) is 8. The number of rotatable bonds is 8. The maximum atomic E-state index is 13.4. The molecule has 1 aromatic heterocycles. The second-order valence-electron chi connectivity index (χ2n) is 8.17. The summed E-state index contributed by atoms with van der Waals surface area (Å²) in [5.41, 5.74) is 2.21. The van der Waals surface area contributed by atoms with Crippen molar-refractivity contribution in [2.75, 3.05) is 11.5 Å². The summed E-state index contributed by atoms with van der Waals surface area (Å²) in [6, 6.07) is 25.0. The molecule has 0 aliphatic carbocycles. The number of benzene rings is 3. The lowest BCUT2D eigenvalue weighted by atomic mass is 9.95. The molecule has 1 amide bonds. The van der Waals surface area contributed by atoms with Gasteiger partial charge in [-0.3, -0.25) is 14.5 Å².